The number of ether oxygens (including phenoxy) is 1. The zero-order valence-corrected chi connectivity index (χ0v) is 18.3. The zero-order valence-electron chi connectivity index (χ0n) is 17.5. The van der Waals surface area contributed by atoms with Gasteiger partial charge in [0.2, 0.25) is 15.8 Å². The molecule has 0 saturated carbocycles. The number of nitrogens with zero attached hydrogens (tertiary/aromatic N) is 4. The summed E-state index contributed by atoms with van der Waals surface area (Å²) < 4.78 is 32.1. The van der Waals surface area contributed by atoms with Gasteiger partial charge in [0.1, 0.15) is 23.8 Å². The summed E-state index contributed by atoms with van der Waals surface area (Å²) in [7, 11) is -3.48. The van der Waals surface area contributed by atoms with E-state index in [1.54, 1.807) is 0 Å². The SMILES string of the molecule is CCCCCCC#Cc1nc(N)c2ncn([C@@H]3O[C@H](CNS(C)(=O)=O)C(O)C3O)c2n1. The van der Waals surface area contributed by atoms with Crippen molar-refractivity contribution in [1.82, 2.24) is 24.2 Å². The van der Waals surface area contributed by atoms with Crippen LogP contribution >= 0.6 is 0 Å². The maximum atomic E-state index is 11.3. The summed E-state index contributed by atoms with van der Waals surface area (Å²) >= 11 is 0. The Balaban J connectivity index is 1.81. The summed E-state index contributed by atoms with van der Waals surface area (Å²) in [6.45, 7) is 1.96. The lowest BCUT2D eigenvalue weighted by Crippen LogP contribution is -2.39. The molecule has 1 aliphatic heterocycles. The molecule has 11 nitrogen and oxygen atoms in total. The van der Waals surface area contributed by atoms with E-state index in [-0.39, 0.29) is 18.2 Å². The quantitative estimate of drug-likeness (QED) is 0.316. The van der Waals surface area contributed by atoms with Crippen LogP contribution < -0.4 is 10.5 Å². The highest BCUT2D eigenvalue weighted by Gasteiger charge is 2.44. The van der Waals surface area contributed by atoms with Gasteiger partial charge in [-0.25, -0.2) is 28.1 Å². The number of nitrogens with two attached hydrogens (primary N) is 1. The van der Waals surface area contributed by atoms with Crippen LogP contribution in [-0.4, -0.2) is 69.3 Å². The van der Waals surface area contributed by atoms with E-state index >= 15 is 0 Å². The third-order valence-electron chi connectivity index (χ3n) is 4.96. The Morgan fingerprint density at radius 1 is 1.26 bits per heavy atom. The van der Waals surface area contributed by atoms with Crippen LogP contribution in [0.3, 0.4) is 0 Å². The number of imidazole rings is 1. The van der Waals surface area contributed by atoms with E-state index in [9.17, 15) is 18.6 Å². The summed E-state index contributed by atoms with van der Waals surface area (Å²) in [5, 5.41) is 20.8. The third kappa shape index (κ3) is 5.69. The molecule has 0 aliphatic carbocycles. The minimum atomic E-state index is -3.48. The molecule has 12 heteroatoms. The predicted molar refractivity (Wildman–Crippen MR) is 114 cm³/mol. The van der Waals surface area contributed by atoms with Crippen LogP contribution in [0.4, 0.5) is 5.82 Å². The second-order valence-corrected chi connectivity index (χ2v) is 9.37. The molecule has 1 aliphatic rings. The largest absolute Gasteiger partial charge is 0.387 e. The van der Waals surface area contributed by atoms with Crippen LogP contribution in [0.15, 0.2) is 6.33 Å². The average Bonchev–Trinajstić information content (AvgIpc) is 3.24. The molecule has 4 atom stereocenters. The Morgan fingerprint density at radius 2 is 2.03 bits per heavy atom. The van der Waals surface area contributed by atoms with Gasteiger partial charge in [0.05, 0.1) is 12.6 Å². The Labute approximate surface area is 181 Å². The Kier molecular flexibility index (Phi) is 7.45. The maximum absolute atomic E-state index is 11.3. The molecule has 0 bridgehead atoms. The molecule has 2 aromatic rings. The second-order valence-electron chi connectivity index (χ2n) is 7.54. The fourth-order valence-electron chi connectivity index (χ4n) is 3.32. The van der Waals surface area contributed by atoms with Crippen LogP contribution in [0, 0.1) is 11.8 Å². The highest BCUT2D eigenvalue weighted by molar-refractivity contribution is 7.88. The standard InChI is InChI=1S/C19H28N6O5S/c1-3-4-5-6-7-8-9-13-23-17(20)14-18(24-13)25(11-21-14)19-16(27)15(26)12(30-19)10-22-31(2,28)29/h11-12,15-16,19,22,26-27H,3-7,10H2,1-2H3,(H2,20,23,24)/t12-,15?,16?,19-/m1/s1. The van der Waals surface area contributed by atoms with E-state index in [4.69, 9.17) is 10.5 Å². The third-order valence-corrected chi connectivity index (χ3v) is 5.65. The van der Waals surface area contributed by atoms with Gasteiger partial charge in [-0.15, -0.1) is 0 Å². The van der Waals surface area contributed by atoms with E-state index in [0.717, 1.165) is 31.9 Å². The van der Waals surface area contributed by atoms with Crippen LogP contribution in [0.25, 0.3) is 11.2 Å². The first-order valence-electron chi connectivity index (χ1n) is 10.2. The summed E-state index contributed by atoms with van der Waals surface area (Å²) in [5.74, 6) is 6.31. The van der Waals surface area contributed by atoms with Crippen molar-refractivity contribution in [3.8, 4) is 11.8 Å². The molecule has 1 saturated heterocycles. The molecule has 170 valence electrons. The highest BCUT2D eigenvalue weighted by atomic mass is 32.2. The number of fused-ring (bicyclic) bond motifs is 1. The number of nitrogens with one attached hydrogen (secondary N) is 1. The molecule has 0 aromatic carbocycles. The molecule has 0 spiro atoms. The number of aromatic nitrogens is 4. The van der Waals surface area contributed by atoms with Crippen LogP contribution in [-0.2, 0) is 14.8 Å². The van der Waals surface area contributed by atoms with Gasteiger partial charge in [0.25, 0.3) is 0 Å². The first kappa shape index (κ1) is 23.4. The molecular formula is C19H28N6O5S. The van der Waals surface area contributed by atoms with Crippen LogP contribution in [0.2, 0.25) is 0 Å². The summed E-state index contributed by atoms with van der Waals surface area (Å²) in [5.41, 5.74) is 6.62. The van der Waals surface area contributed by atoms with E-state index in [1.165, 1.54) is 17.3 Å². The Bertz CT molecular complexity index is 1080. The van der Waals surface area contributed by atoms with Gasteiger partial charge < -0.3 is 20.7 Å². The summed E-state index contributed by atoms with van der Waals surface area (Å²) in [6, 6.07) is 0. The topological polar surface area (TPSA) is 165 Å². The molecule has 5 N–H and O–H groups in total. The van der Waals surface area contributed by atoms with Gasteiger partial charge in [-0.05, 0) is 12.3 Å². The number of aliphatic hydroxyl groups excluding tert-OH is 2. The first-order chi connectivity index (χ1) is 14.7. The molecule has 1 fully saturated rings. The highest BCUT2D eigenvalue weighted by Crippen LogP contribution is 2.32. The number of hydrogen-bond acceptors (Lipinski definition) is 9. The molecule has 31 heavy (non-hydrogen) atoms. The minimum absolute atomic E-state index is 0.141. The van der Waals surface area contributed by atoms with Gasteiger partial charge in [0.15, 0.2) is 17.7 Å². The van der Waals surface area contributed by atoms with Crippen LogP contribution in [0.1, 0.15) is 51.1 Å². The first-order valence-corrected chi connectivity index (χ1v) is 12.1. The van der Waals surface area contributed by atoms with Crippen molar-refractivity contribution in [2.75, 3.05) is 18.5 Å². The van der Waals surface area contributed by atoms with Crippen molar-refractivity contribution in [2.24, 2.45) is 0 Å². The molecule has 3 heterocycles. The van der Waals surface area contributed by atoms with Crippen molar-refractivity contribution < 1.29 is 23.4 Å². The van der Waals surface area contributed by atoms with Gasteiger partial charge in [-0.2, -0.15) is 0 Å². The Morgan fingerprint density at radius 3 is 2.74 bits per heavy atom. The van der Waals surface area contributed by atoms with Crippen molar-refractivity contribution in [3.63, 3.8) is 0 Å². The Hall–Kier alpha value is -2.30. The number of aliphatic hydroxyl groups is 2. The molecule has 2 aromatic heterocycles. The van der Waals surface area contributed by atoms with Crippen molar-refractivity contribution >= 4 is 27.0 Å². The average molecular weight is 453 g/mol. The van der Waals surface area contributed by atoms with Crippen molar-refractivity contribution in [1.29, 1.82) is 0 Å². The zero-order chi connectivity index (χ0) is 22.6. The number of hydrogen-bond donors (Lipinski definition) is 4. The lowest BCUT2D eigenvalue weighted by atomic mass is 10.1. The maximum Gasteiger partial charge on any atom is 0.208 e. The smallest absolute Gasteiger partial charge is 0.208 e. The molecule has 0 amide bonds. The fourth-order valence-corrected chi connectivity index (χ4v) is 3.79. The summed E-state index contributed by atoms with van der Waals surface area (Å²) in [4.78, 5) is 12.7. The number of rotatable bonds is 8. The monoisotopic (exact) mass is 452 g/mol. The number of sulfonamides is 1. The van der Waals surface area contributed by atoms with E-state index in [0.29, 0.717) is 11.2 Å². The number of unbranched alkanes of at least 4 members (excludes halogenated alkanes) is 4. The van der Waals surface area contributed by atoms with E-state index in [2.05, 4.69) is 38.4 Å². The lowest BCUT2D eigenvalue weighted by molar-refractivity contribution is -0.0330. The van der Waals surface area contributed by atoms with Gasteiger partial charge >= 0.3 is 0 Å². The minimum Gasteiger partial charge on any atom is -0.387 e. The van der Waals surface area contributed by atoms with Crippen molar-refractivity contribution in [2.45, 2.75) is 63.6 Å². The number of anilines is 1. The molecular weight excluding hydrogens is 424 g/mol. The van der Waals surface area contributed by atoms with Crippen molar-refractivity contribution in [3.05, 3.63) is 12.2 Å². The predicted octanol–water partition coefficient (Wildman–Crippen LogP) is -0.101. The van der Waals surface area contributed by atoms with Gasteiger partial charge in [-0.1, -0.05) is 32.1 Å². The summed E-state index contributed by atoms with van der Waals surface area (Å²) in [6.07, 6.45) is 2.94. The number of nitrogen functional groups attached to an aromatic ring is 1. The normalized spacial score (nSPS) is 23.7. The van der Waals surface area contributed by atoms with E-state index < -0.39 is 34.6 Å². The fraction of sp³-hybridized carbons (Fsp3) is 0.632. The molecule has 0 radical (unpaired) electrons. The molecule has 3 rings (SSSR count). The van der Waals surface area contributed by atoms with Crippen LogP contribution in [0.5, 0.6) is 0 Å². The molecule has 2 unspecified atom stereocenters. The van der Waals surface area contributed by atoms with E-state index in [1.807, 2.05) is 0 Å². The lowest BCUT2D eigenvalue weighted by Gasteiger charge is -2.16. The second kappa shape index (κ2) is 9.88. The van der Waals surface area contributed by atoms with Gasteiger partial charge in [0, 0.05) is 13.0 Å². The van der Waals surface area contributed by atoms with Gasteiger partial charge in [-0.3, -0.25) is 4.57 Å².